The van der Waals surface area contributed by atoms with Gasteiger partial charge in [-0.1, -0.05) is 54.6 Å². The number of nitrogens with zero attached hydrogens (tertiary/aromatic N) is 2. The average molecular weight is 312 g/mol. The highest BCUT2D eigenvalue weighted by molar-refractivity contribution is 6.10. The standard InChI is InChI=1S/C21H13FN2/c22-16-11-10-15-12-20(14-6-2-1-3-7-14)24-21(18(15)13-16)17-8-4-5-9-19(17)23-24/h1-13H. The predicted molar refractivity (Wildman–Crippen MR) is 95.6 cm³/mol. The molecule has 114 valence electrons. The molecule has 0 bridgehead atoms. The number of aromatic nitrogens is 2. The summed E-state index contributed by atoms with van der Waals surface area (Å²) in [5.41, 5.74) is 3.94. The number of pyridine rings is 1. The van der Waals surface area contributed by atoms with E-state index in [2.05, 4.69) is 18.2 Å². The molecule has 0 aliphatic rings. The van der Waals surface area contributed by atoms with Gasteiger partial charge in [0.05, 0.1) is 16.7 Å². The van der Waals surface area contributed by atoms with Crippen LogP contribution in [0.4, 0.5) is 4.39 Å². The fourth-order valence-corrected chi connectivity index (χ4v) is 3.35. The van der Waals surface area contributed by atoms with E-state index in [0.29, 0.717) is 0 Å². The Bertz CT molecular complexity index is 1210. The minimum atomic E-state index is -0.234. The van der Waals surface area contributed by atoms with Crippen molar-refractivity contribution in [2.45, 2.75) is 0 Å². The second-order valence-corrected chi connectivity index (χ2v) is 5.90. The van der Waals surface area contributed by atoms with Crippen LogP contribution >= 0.6 is 0 Å². The Labute approximate surface area is 137 Å². The highest BCUT2D eigenvalue weighted by Crippen LogP contribution is 2.33. The summed E-state index contributed by atoms with van der Waals surface area (Å²) in [4.78, 5) is 0. The molecule has 24 heavy (non-hydrogen) atoms. The first-order valence-corrected chi connectivity index (χ1v) is 7.86. The molecular weight excluding hydrogens is 299 g/mol. The summed E-state index contributed by atoms with van der Waals surface area (Å²) in [6, 6.07) is 25.1. The van der Waals surface area contributed by atoms with Gasteiger partial charge in [0.2, 0.25) is 0 Å². The minimum absolute atomic E-state index is 0.234. The molecule has 0 radical (unpaired) electrons. The second-order valence-electron chi connectivity index (χ2n) is 5.90. The van der Waals surface area contributed by atoms with Gasteiger partial charge in [0.1, 0.15) is 5.82 Å². The van der Waals surface area contributed by atoms with E-state index in [0.717, 1.165) is 38.4 Å². The van der Waals surface area contributed by atoms with Crippen molar-refractivity contribution in [1.29, 1.82) is 0 Å². The number of halogens is 1. The summed E-state index contributed by atoms with van der Waals surface area (Å²) < 4.78 is 15.8. The maximum absolute atomic E-state index is 13.9. The Morgan fingerprint density at radius 1 is 0.750 bits per heavy atom. The van der Waals surface area contributed by atoms with Crippen molar-refractivity contribution in [2.75, 3.05) is 0 Å². The molecular formula is C21H13FN2. The Morgan fingerprint density at radius 3 is 2.42 bits per heavy atom. The quantitative estimate of drug-likeness (QED) is 0.402. The van der Waals surface area contributed by atoms with Crippen LogP contribution in [0, 0.1) is 5.82 Å². The van der Waals surface area contributed by atoms with Gasteiger partial charge in [0.25, 0.3) is 0 Å². The van der Waals surface area contributed by atoms with E-state index in [1.165, 1.54) is 6.07 Å². The molecule has 0 atom stereocenters. The lowest BCUT2D eigenvalue weighted by molar-refractivity contribution is 0.630. The van der Waals surface area contributed by atoms with Gasteiger partial charge in [-0.05, 0) is 29.7 Å². The monoisotopic (exact) mass is 312 g/mol. The molecule has 0 saturated carbocycles. The highest BCUT2D eigenvalue weighted by atomic mass is 19.1. The van der Waals surface area contributed by atoms with Crippen LogP contribution in [0.5, 0.6) is 0 Å². The molecule has 5 rings (SSSR count). The van der Waals surface area contributed by atoms with Crippen LogP contribution in [0.1, 0.15) is 0 Å². The third-order valence-electron chi connectivity index (χ3n) is 4.44. The largest absolute Gasteiger partial charge is 0.231 e. The number of fused-ring (bicyclic) bond motifs is 5. The van der Waals surface area contributed by atoms with E-state index in [1.807, 2.05) is 53.0 Å². The summed E-state index contributed by atoms with van der Waals surface area (Å²) in [5, 5.41) is 7.68. The van der Waals surface area contributed by atoms with Gasteiger partial charge in [0, 0.05) is 16.3 Å². The van der Waals surface area contributed by atoms with Crippen LogP contribution in [0.25, 0.3) is 38.4 Å². The van der Waals surface area contributed by atoms with Crippen molar-refractivity contribution in [3.8, 4) is 11.3 Å². The molecule has 0 spiro atoms. The number of hydrogen-bond donors (Lipinski definition) is 0. The van der Waals surface area contributed by atoms with Crippen molar-refractivity contribution in [3.05, 3.63) is 84.7 Å². The molecule has 0 amide bonds. The summed E-state index contributed by atoms with van der Waals surface area (Å²) in [6.45, 7) is 0. The zero-order chi connectivity index (χ0) is 16.1. The van der Waals surface area contributed by atoms with Gasteiger partial charge in [-0.3, -0.25) is 0 Å². The fourth-order valence-electron chi connectivity index (χ4n) is 3.35. The van der Waals surface area contributed by atoms with Crippen LogP contribution < -0.4 is 0 Å². The van der Waals surface area contributed by atoms with Crippen molar-refractivity contribution >= 4 is 27.2 Å². The Morgan fingerprint density at radius 2 is 1.54 bits per heavy atom. The van der Waals surface area contributed by atoms with Gasteiger partial charge in [-0.2, -0.15) is 5.10 Å². The molecule has 2 aromatic heterocycles. The molecule has 0 aliphatic heterocycles. The zero-order valence-electron chi connectivity index (χ0n) is 12.8. The normalized spacial score (nSPS) is 11.5. The van der Waals surface area contributed by atoms with Crippen molar-refractivity contribution in [3.63, 3.8) is 0 Å². The lowest BCUT2D eigenvalue weighted by Gasteiger charge is -2.09. The van der Waals surface area contributed by atoms with Gasteiger partial charge in [0.15, 0.2) is 0 Å². The second kappa shape index (κ2) is 4.90. The molecule has 0 fully saturated rings. The number of benzene rings is 3. The molecule has 0 unspecified atom stereocenters. The van der Waals surface area contributed by atoms with Crippen LogP contribution in [0.2, 0.25) is 0 Å². The molecule has 3 aromatic carbocycles. The van der Waals surface area contributed by atoms with E-state index >= 15 is 0 Å². The van der Waals surface area contributed by atoms with E-state index in [9.17, 15) is 4.39 Å². The van der Waals surface area contributed by atoms with Crippen molar-refractivity contribution in [2.24, 2.45) is 0 Å². The fraction of sp³-hybridized carbons (Fsp3) is 0. The lowest BCUT2D eigenvalue weighted by atomic mass is 10.0. The first-order valence-electron chi connectivity index (χ1n) is 7.86. The summed E-state index contributed by atoms with van der Waals surface area (Å²) in [5.74, 6) is -0.234. The first kappa shape index (κ1) is 13.3. The number of rotatable bonds is 1. The third kappa shape index (κ3) is 1.85. The first-order chi connectivity index (χ1) is 11.8. The summed E-state index contributed by atoms with van der Waals surface area (Å²) in [6.07, 6.45) is 0. The molecule has 0 saturated heterocycles. The topological polar surface area (TPSA) is 17.3 Å². The molecule has 0 aliphatic carbocycles. The zero-order valence-corrected chi connectivity index (χ0v) is 12.8. The smallest absolute Gasteiger partial charge is 0.123 e. The molecule has 3 heteroatoms. The van der Waals surface area contributed by atoms with E-state index in [4.69, 9.17) is 5.10 Å². The van der Waals surface area contributed by atoms with Crippen LogP contribution in [0.3, 0.4) is 0 Å². The van der Waals surface area contributed by atoms with Gasteiger partial charge < -0.3 is 0 Å². The van der Waals surface area contributed by atoms with Crippen LogP contribution in [-0.4, -0.2) is 9.61 Å². The van der Waals surface area contributed by atoms with E-state index in [-0.39, 0.29) is 5.82 Å². The molecule has 2 nitrogen and oxygen atoms in total. The van der Waals surface area contributed by atoms with Gasteiger partial charge in [-0.25, -0.2) is 8.91 Å². The predicted octanol–water partition coefficient (Wildman–Crippen LogP) is 5.45. The Hall–Kier alpha value is -3.20. The maximum atomic E-state index is 13.9. The minimum Gasteiger partial charge on any atom is -0.231 e. The van der Waals surface area contributed by atoms with Crippen molar-refractivity contribution < 1.29 is 4.39 Å². The Kier molecular flexibility index (Phi) is 2.71. The molecule has 0 N–H and O–H groups in total. The van der Waals surface area contributed by atoms with Gasteiger partial charge in [-0.15, -0.1) is 0 Å². The maximum Gasteiger partial charge on any atom is 0.123 e. The lowest BCUT2D eigenvalue weighted by Crippen LogP contribution is -1.95. The molecule has 2 heterocycles. The number of hydrogen-bond acceptors (Lipinski definition) is 1. The van der Waals surface area contributed by atoms with E-state index < -0.39 is 0 Å². The highest BCUT2D eigenvalue weighted by Gasteiger charge is 2.14. The average Bonchev–Trinajstić information content (AvgIpc) is 3.02. The SMILES string of the molecule is Fc1ccc2cc(-c3ccccc3)n3nc4ccccc4c3c2c1. The summed E-state index contributed by atoms with van der Waals surface area (Å²) >= 11 is 0. The van der Waals surface area contributed by atoms with Crippen LogP contribution in [-0.2, 0) is 0 Å². The van der Waals surface area contributed by atoms with Crippen molar-refractivity contribution in [1.82, 2.24) is 9.61 Å². The van der Waals surface area contributed by atoms with Crippen LogP contribution in [0.15, 0.2) is 78.9 Å². The molecule has 5 aromatic rings. The summed E-state index contributed by atoms with van der Waals surface area (Å²) in [7, 11) is 0. The van der Waals surface area contributed by atoms with E-state index in [1.54, 1.807) is 6.07 Å². The Balaban J connectivity index is 2.05. The third-order valence-corrected chi connectivity index (χ3v) is 4.44. The van der Waals surface area contributed by atoms with Gasteiger partial charge >= 0.3 is 0 Å².